The van der Waals surface area contributed by atoms with Gasteiger partial charge in [-0.05, 0) is 90.4 Å². The zero-order valence-corrected chi connectivity index (χ0v) is 29.9. The van der Waals surface area contributed by atoms with Gasteiger partial charge in [-0.25, -0.2) is 5.43 Å². The molecule has 10 nitrogen and oxygen atoms in total. The molecule has 4 aromatic carbocycles. The fourth-order valence-corrected chi connectivity index (χ4v) is 6.67. The largest absolute Gasteiger partial charge is 0.488 e. The molecule has 3 amide bonds. The average Bonchev–Trinajstić information content (AvgIpc) is 3.14. The first kappa shape index (κ1) is 39.4. The number of benzene rings is 4. The van der Waals surface area contributed by atoms with Gasteiger partial charge in [0.05, 0.1) is 28.1 Å². The predicted octanol–water partition coefficient (Wildman–Crippen LogP) is 6.31. The number of thioether (sulfide) groups is 1. The van der Waals surface area contributed by atoms with Gasteiger partial charge in [-0.1, -0.05) is 41.9 Å². The lowest BCUT2D eigenvalue weighted by Gasteiger charge is -2.29. The molecule has 53 heavy (non-hydrogen) atoms. The molecule has 1 fully saturated rings. The summed E-state index contributed by atoms with van der Waals surface area (Å²) in [5.74, 6) is -0.274. The number of piperidine rings is 1. The van der Waals surface area contributed by atoms with Crippen LogP contribution in [0.2, 0.25) is 5.02 Å². The summed E-state index contributed by atoms with van der Waals surface area (Å²) in [6.07, 6.45) is -0.232. The molecule has 0 aromatic heterocycles. The maximum Gasteiger partial charge on any atom is 0.488 e. The standard InChI is InChI=1S/C37H36BClF3N5O5S/c39-32-13-7-24(20-31(32)37(40,41)42)22-43-46-36(50)30-21-29(47-16-2-1-3-17-47)12-14-33(30)45-35(49)26-6-4-5-25(19-26)23-53-18-15-34(48)44-28-10-8-27(9-11-28)38(51)52/h4-14,19-22,51-52H,1-3,15-18,23H2,(H,44,48)(H,45,49)(H,46,50). The molecule has 5 rings (SSSR count). The second-order valence-electron chi connectivity index (χ2n) is 12.2. The van der Waals surface area contributed by atoms with Crippen molar-refractivity contribution >= 4 is 76.9 Å². The zero-order chi connectivity index (χ0) is 38.0. The second-order valence-corrected chi connectivity index (χ2v) is 13.7. The van der Waals surface area contributed by atoms with Gasteiger partial charge in [0, 0.05) is 48.0 Å². The van der Waals surface area contributed by atoms with E-state index in [-0.39, 0.29) is 29.1 Å². The van der Waals surface area contributed by atoms with Crippen molar-refractivity contribution in [3.05, 3.63) is 118 Å². The lowest BCUT2D eigenvalue weighted by Crippen LogP contribution is -2.30. The Bertz CT molecular complexity index is 1960. The van der Waals surface area contributed by atoms with Gasteiger partial charge < -0.3 is 25.6 Å². The molecule has 0 radical (unpaired) electrons. The van der Waals surface area contributed by atoms with Crippen molar-refractivity contribution in [3.63, 3.8) is 0 Å². The van der Waals surface area contributed by atoms with Gasteiger partial charge in [-0.15, -0.1) is 0 Å². The van der Waals surface area contributed by atoms with Gasteiger partial charge in [-0.2, -0.15) is 30.0 Å². The number of nitrogens with one attached hydrogen (secondary N) is 3. The first-order valence-electron chi connectivity index (χ1n) is 16.7. The minimum absolute atomic E-state index is 0.0753. The van der Waals surface area contributed by atoms with E-state index in [4.69, 9.17) is 11.6 Å². The Kier molecular flexibility index (Phi) is 13.6. The predicted molar refractivity (Wildman–Crippen MR) is 204 cm³/mol. The Balaban J connectivity index is 1.22. The van der Waals surface area contributed by atoms with Crippen LogP contribution in [-0.4, -0.2) is 59.9 Å². The molecular weight excluding hydrogens is 730 g/mol. The molecular formula is C37H36BClF3N5O5S. The van der Waals surface area contributed by atoms with Gasteiger partial charge >= 0.3 is 13.3 Å². The van der Waals surface area contributed by atoms with Crippen molar-refractivity contribution in [1.29, 1.82) is 0 Å². The van der Waals surface area contributed by atoms with Crippen LogP contribution in [0.1, 0.15) is 63.1 Å². The van der Waals surface area contributed by atoms with Crippen LogP contribution in [0.15, 0.2) is 90.0 Å². The molecule has 0 spiro atoms. The molecule has 0 aliphatic carbocycles. The van der Waals surface area contributed by atoms with E-state index in [0.717, 1.165) is 62.0 Å². The molecule has 1 heterocycles. The highest BCUT2D eigenvalue weighted by molar-refractivity contribution is 7.98. The van der Waals surface area contributed by atoms with Crippen LogP contribution in [0.3, 0.4) is 0 Å². The quantitative estimate of drug-likeness (QED) is 0.0465. The number of alkyl halides is 3. The minimum Gasteiger partial charge on any atom is -0.423 e. The van der Waals surface area contributed by atoms with Crippen molar-refractivity contribution in [2.24, 2.45) is 5.10 Å². The van der Waals surface area contributed by atoms with E-state index in [1.807, 2.05) is 12.1 Å². The van der Waals surface area contributed by atoms with E-state index in [9.17, 15) is 37.6 Å². The Labute approximate surface area is 314 Å². The molecule has 0 saturated carbocycles. The molecule has 5 N–H and O–H groups in total. The average molecular weight is 766 g/mol. The summed E-state index contributed by atoms with van der Waals surface area (Å²) in [6, 6.07) is 21.6. The number of anilines is 3. The van der Waals surface area contributed by atoms with Crippen molar-refractivity contribution in [2.45, 2.75) is 37.6 Å². The molecule has 1 aliphatic rings. The summed E-state index contributed by atoms with van der Waals surface area (Å²) in [5, 5.41) is 27.4. The molecule has 0 bridgehead atoms. The van der Waals surface area contributed by atoms with Crippen LogP contribution in [0.25, 0.3) is 0 Å². The van der Waals surface area contributed by atoms with E-state index in [1.165, 1.54) is 30.0 Å². The van der Waals surface area contributed by atoms with E-state index in [1.54, 1.807) is 42.5 Å². The fraction of sp³-hybridized carbons (Fsp3) is 0.243. The van der Waals surface area contributed by atoms with Crippen LogP contribution < -0.4 is 26.4 Å². The number of carbonyl (C=O) groups excluding carboxylic acids is 3. The summed E-state index contributed by atoms with van der Waals surface area (Å²) in [5.41, 5.74) is 4.62. The van der Waals surface area contributed by atoms with Crippen LogP contribution >= 0.6 is 23.4 Å². The topological polar surface area (TPSA) is 143 Å². The summed E-state index contributed by atoms with van der Waals surface area (Å²) in [7, 11) is -1.58. The minimum atomic E-state index is -4.66. The van der Waals surface area contributed by atoms with E-state index >= 15 is 0 Å². The van der Waals surface area contributed by atoms with Crippen LogP contribution in [0.4, 0.5) is 30.2 Å². The summed E-state index contributed by atoms with van der Waals surface area (Å²) < 4.78 is 39.9. The smallest absolute Gasteiger partial charge is 0.423 e. The molecule has 276 valence electrons. The summed E-state index contributed by atoms with van der Waals surface area (Å²) >= 11 is 7.22. The SMILES string of the molecule is O=C(CCSCc1cccc(C(=O)Nc2ccc(N3CCCCC3)cc2C(=O)NN=Cc2ccc(Cl)c(C(F)(F)F)c2)c1)Nc1ccc(B(O)O)cc1. The summed E-state index contributed by atoms with van der Waals surface area (Å²) in [4.78, 5) is 41.4. The van der Waals surface area contributed by atoms with Gasteiger partial charge in [0.2, 0.25) is 5.91 Å². The van der Waals surface area contributed by atoms with Crippen LogP contribution in [0, 0.1) is 0 Å². The Hall–Kier alpha value is -4.83. The second kappa shape index (κ2) is 18.3. The van der Waals surface area contributed by atoms with Crippen molar-refractivity contribution in [1.82, 2.24) is 5.43 Å². The molecule has 16 heteroatoms. The maximum atomic E-state index is 13.4. The van der Waals surface area contributed by atoms with E-state index < -0.39 is 35.7 Å². The lowest BCUT2D eigenvalue weighted by atomic mass is 9.80. The normalized spacial score (nSPS) is 13.1. The fourth-order valence-electron chi connectivity index (χ4n) is 5.56. The number of hydrogen-bond acceptors (Lipinski definition) is 8. The van der Waals surface area contributed by atoms with E-state index in [2.05, 4.69) is 26.1 Å². The number of nitrogens with zero attached hydrogens (tertiary/aromatic N) is 2. The monoisotopic (exact) mass is 765 g/mol. The number of rotatable bonds is 13. The molecule has 0 unspecified atom stereocenters. The molecule has 1 aliphatic heterocycles. The van der Waals surface area contributed by atoms with Crippen molar-refractivity contribution < 1.29 is 37.6 Å². The van der Waals surface area contributed by atoms with Gasteiger partial charge in [0.1, 0.15) is 0 Å². The first-order chi connectivity index (χ1) is 25.4. The number of halogens is 4. The highest BCUT2D eigenvalue weighted by Crippen LogP contribution is 2.35. The third kappa shape index (κ3) is 11.3. The Morgan fingerprint density at radius 2 is 1.66 bits per heavy atom. The third-order valence-corrected chi connectivity index (χ3v) is 9.68. The maximum absolute atomic E-state index is 13.4. The van der Waals surface area contributed by atoms with Gasteiger partial charge in [-0.3, -0.25) is 14.4 Å². The van der Waals surface area contributed by atoms with Crippen LogP contribution in [0.5, 0.6) is 0 Å². The molecule has 1 saturated heterocycles. The third-order valence-electron chi connectivity index (χ3n) is 8.32. The first-order valence-corrected chi connectivity index (χ1v) is 18.2. The Morgan fingerprint density at radius 1 is 0.906 bits per heavy atom. The number of hydrogen-bond donors (Lipinski definition) is 5. The van der Waals surface area contributed by atoms with Gasteiger partial charge in [0.25, 0.3) is 11.8 Å². The highest BCUT2D eigenvalue weighted by atomic mass is 35.5. The Morgan fingerprint density at radius 3 is 2.38 bits per heavy atom. The summed E-state index contributed by atoms with van der Waals surface area (Å²) in [6.45, 7) is 1.62. The van der Waals surface area contributed by atoms with Gasteiger partial charge in [0.15, 0.2) is 0 Å². The highest BCUT2D eigenvalue weighted by Gasteiger charge is 2.33. The lowest BCUT2D eigenvalue weighted by molar-refractivity contribution is -0.137. The van der Waals surface area contributed by atoms with Crippen LogP contribution in [-0.2, 0) is 16.7 Å². The number of amides is 3. The number of carbonyl (C=O) groups is 3. The van der Waals surface area contributed by atoms with E-state index in [0.29, 0.717) is 28.2 Å². The zero-order valence-electron chi connectivity index (χ0n) is 28.3. The van der Waals surface area contributed by atoms with Crippen molar-refractivity contribution in [3.8, 4) is 0 Å². The molecule has 4 aromatic rings. The molecule has 0 atom stereocenters. The number of hydrazone groups is 1. The van der Waals surface area contributed by atoms with Crippen molar-refractivity contribution in [2.75, 3.05) is 34.4 Å².